The zero-order valence-corrected chi connectivity index (χ0v) is 12.7. The molecule has 2 aromatic rings. The van der Waals surface area contributed by atoms with E-state index in [0.29, 0.717) is 16.0 Å². The van der Waals surface area contributed by atoms with E-state index in [9.17, 15) is 9.59 Å². The Balaban J connectivity index is 1.84. The first-order valence-electron chi connectivity index (χ1n) is 5.91. The van der Waals surface area contributed by atoms with Crippen LogP contribution in [0.1, 0.15) is 12.7 Å². The quantitative estimate of drug-likeness (QED) is 0.685. The smallest absolute Gasteiger partial charge is 0.318 e. The van der Waals surface area contributed by atoms with Crippen molar-refractivity contribution in [1.29, 1.82) is 0 Å². The van der Waals surface area contributed by atoms with Gasteiger partial charge in [-0.1, -0.05) is 23.1 Å². The number of hydrogen-bond acceptors (Lipinski definition) is 8. The molecule has 3 amide bonds. The molecule has 0 spiro atoms. The zero-order valence-electron chi connectivity index (χ0n) is 11.0. The maximum Gasteiger partial charge on any atom is 0.318 e. The van der Waals surface area contributed by atoms with Gasteiger partial charge in [-0.2, -0.15) is 0 Å². The first kappa shape index (κ1) is 15.3. The lowest BCUT2D eigenvalue weighted by Crippen LogP contribution is -2.39. The molecule has 8 nitrogen and oxygen atoms in total. The van der Waals surface area contributed by atoms with Crippen LogP contribution in [0.5, 0.6) is 0 Å². The monoisotopic (exact) mass is 327 g/mol. The van der Waals surface area contributed by atoms with Crippen molar-refractivity contribution >= 4 is 40.2 Å². The summed E-state index contributed by atoms with van der Waals surface area (Å²) in [6, 6.07) is 2.78. The minimum absolute atomic E-state index is 0.465. The summed E-state index contributed by atoms with van der Waals surface area (Å²) in [7, 11) is 0. The molecule has 0 radical (unpaired) electrons. The van der Waals surface area contributed by atoms with Gasteiger partial charge in [0.25, 0.3) is 0 Å². The van der Waals surface area contributed by atoms with Crippen LogP contribution in [0, 0.1) is 0 Å². The molecule has 21 heavy (non-hydrogen) atoms. The molecule has 0 aliphatic heterocycles. The van der Waals surface area contributed by atoms with Crippen molar-refractivity contribution in [2.24, 2.45) is 5.73 Å². The second-order valence-corrected chi connectivity index (χ2v) is 6.49. The maximum absolute atomic E-state index is 11.5. The number of aromatic nitrogens is 2. The summed E-state index contributed by atoms with van der Waals surface area (Å²) < 4.78 is 5.80. The molecule has 112 valence electrons. The zero-order chi connectivity index (χ0) is 15.2. The lowest BCUT2D eigenvalue weighted by molar-refractivity contribution is -0.119. The number of nitrogens with zero attached hydrogens (tertiary/aromatic N) is 2. The van der Waals surface area contributed by atoms with E-state index < -0.39 is 17.2 Å². The molecule has 1 atom stereocenters. The van der Waals surface area contributed by atoms with Crippen LogP contribution in [0.3, 0.4) is 0 Å². The molecule has 4 N–H and O–H groups in total. The van der Waals surface area contributed by atoms with Crippen molar-refractivity contribution in [1.82, 2.24) is 15.5 Å². The summed E-state index contributed by atoms with van der Waals surface area (Å²) in [6.45, 7) is 2.16. The van der Waals surface area contributed by atoms with Crippen LogP contribution in [-0.2, 0) is 11.3 Å². The van der Waals surface area contributed by atoms with Crippen molar-refractivity contribution in [2.75, 3.05) is 5.32 Å². The Hall–Kier alpha value is -2.07. The van der Waals surface area contributed by atoms with E-state index >= 15 is 0 Å². The summed E-state index contributed by atoms with van der Waals surface area (Å²) in [5, 5.41) is 13.1. The second-order valence-electron chi connectivity index (χ2n) is 3.92. The number of rotatable bonds is 6. The molecule has 0 saturated heterocycles. The standard InChI is InChI=1S/C11H13N5O3S2/c1-6(8(17)14-9(12)18)20-11-16-15-10(21-11)13-5-7-3-2-4-19-7/h2-4,6H,5H2,1H3,(H,13,15)(H3,12,14,17,18). The molecule has 0 aliphatic carbocycles. The minimum atomic E-state index is -0.870. The van der Waals surface area contributed by atoms with Crippen molar-refractivity contribution in [3.05, 3.63) is 24.2 Å². The fourth-order valence-electron chi connectivity index (χ4n) is 1.33. The number of carbonyl (C=O) groups is 2. The number of thioether (sulfide) groups is 1. The molecule has 2 rings (SSSR count). The first-order chi connectivity index (χ1) is 10.0. The van der Waals surface area contributed by atoms with Gasteiger partial charge in [0.1, 0.15) is 5.76 Å². The van der Waals surface area contributed by atoms with Crippen molar-refractivity contribution < 1.29 is 14.0 Å². The lowest BCUT2D eigenvalue weighted by atomic mass is 10.4. The highest BCUT2D eigenvalue weighted by molar-refractivity contribution is 8.02. The normalized spacial score (nSPS) is 11.9. The number of carbonyl (C=O) groups excluding carboxylic acids is 2. The molecule has 0 aliphatic rings. The molecule has 0 aromatic carbocycles. The first-order valence-corrected chi connectivity index (χ1v) is 7.61. The van der Waals surface area contributed by atoms with Crippen molar-refractivity contribution in [3.8, 4) is 0 Å². The molecule has 1 unspecified atom stereocenters. The third-order valence-electron chi connectivity index (χ3n) is 2.29. The third-order valence-corrected chi connectivity index (χ3v) is 4.36. The van der Waals surface area contributed by atoms with Crippen LogP contribution in [-0.4, -0.2) is 27.4 Å². The van der Waals surface area contributed by atoms with Crippen molar-refractivity contribution in [2.45, 2.75) is 23.1 Å². The number of furan rings is 1. The van der Waals surface area contributed by atoms with Gasteiger partial charge in [0, 0.05) is 0 Å². The highest BCUT2D eigenvalue weighted by Crippen LogP contribution is 2.29. The van der Waals surface area contributed by atoms with Crippen molar-refractivity contribution in [3.63, 3.8) is 0 Å². The van der Waals surface area contributed by atoms with E-state index in [1.807, 2.05) is 11.4 Å². The van der Waals surface area contributed by atoms with Gasteiger partial charge in [0.15, 0.2) is 4.34 Å². The fraction of sp³-hybridized carbons (Fsp3) is 0.273. The summed E-state index contributed by atoms with van der Waals surface area (Å²) in [5.74, 6) is 0.321. The number of imide groups is 1. The van der Waals surface area contributed by atoms with Crippen LogP contribution in [0.15, 0.2) is 27.2 Å². The summed E-state index contributed by atoms with van der Waals surface area (Å²) in [5.41, 5.74) is 4.89. The van der Waals surface area contributed by atoms with Gasteiger partial charge in [0.05, 0.1) is 18.1 Å². The highest BCUT2D eigenvalue weighted by Gasteiger charge is 2.18. The molecular weight excluding hydrogens is 314 g/mol. The summed E-state index contributed by atoms with van der Waals surface area (Å²) >= 11 is 2.51. The highest BCUT2D eigenvalue weighted by atomic mass is 32.2. The minimum Gasteiger partial charge on any atom is -0.467 e. The fourth-order valence-corrected chi connectivity index (χ4v) is 3.22. The molecule has 0 saturated carbocycles. The number of nitrogens with two attached hydrogens (primary N) is 1. The van der Waals surface area contributed by atoms with Gasteiger partial charge in [-0.25, -0.2) is 4.79 Å². The SMILES string of the molecule is CC(Sc1nnc(NCc2ccco2)s1)C(=O)NC(N)=O. The Labute approximate surface area is 128 Å². The van der Waals surface area contributed by atoms with E-state index in [1.54, 1.807) is 19.3 Å². The van der Waals surface area contributed by atoms with Gasteiger partial charge in [0.2, 0.25) is 11.0 Å². The number of nitrogens with one attached hydrogen (secondary N) is 2. The van der Waals surface area contributed by atoms with Crippen LogP contribution in [0.4, 0.5) is 9.93 Å². The van der Waals surface area contributed by atoms with Gasteiger partial charge < -0.3 is 15.5 Å². The van der Waals surface area contributed by atoms with Crippen LogP contribution in [0.25, 0.3) is 0 Å². The molecule has 0 bridgehead atoms. The average Bonchev–Trinajstić information content (AvgIpc) is 3.06. The summed E-state index contributed by atoms with van der Waals surface area (Å²) in [6.07, 6.45) is 1.59. The van der Waals surface area contributed by atoms with E-state index in [-0.39, 0.29) is 0 Å². The Kier molecular flexibility index (Phi) is 5.17. The number of amides is 3. The van der Waals surface area contributed by atoms with Gasteiger partial charge in [-0.05, 0) is 19.1 Å². The topological polar surface area (TPSA) is 123 Å². The molecule has 2 heterocycles. The van der Waals surface area contributed by atoms with Gasteiger partial charge in [-0.15, -0.1) is 10.2 Å². The van der Waals surface area contributed by atoms with E-state index in [2.05, 4.69) is 15.5 Å². The predicted octanol–water partition coefficient (Wildman–Crippen LogP) is 1.42. The van der Waals surface area contributed by atoms with E-state index in [4.69, 9.17) is 10.2 Å². The number of urea groups is 1. The van der Waals surface area contributed by atoms with E-state index in [1.165, 1.54) is 23.1 Å². The number of anilines is 1. The van der Waals surface area contributed by atoms with Crippen LogP contribution < -0.4 is 16.4 Å². The van der Waals surface area contributed by atoms with Crippen LogP contribution in [0.2, 0.25) is 0 Å². The third kappa shape index (κ3) is 4.76. The van der Waals surface area contributed by atoms with E-state index in [0.717, 1.165) is 5.76 Å². The second kappa shape index (κ2) is 7.09. The molecular formula is C11H13N5O3S2. The Morgan fingerprint density at radius 3 is 3.00 bits per heavy atom. The largest absolute Gasteiger partial charge is 0.467 e. The Morgan fingerprint density at radius 1 is 1.52 bits per heavy atom. The lowest BCUT2D eigenvalue weighted by Gasteiger charge is -2.06. The van der Waals surface area contributed by atoms with Crippen LogP contribution >= 0.6 is 23.1 Å². The number of primary amides is 1. The summed E-state index contributed by atoms with van der Waals surface area (Å²) in [4.78, 5) is 22.1. The van der Waals surface area contributed by atoms with Gasteiger partial charge >= 0.3 is 6.03 Å². The predicted molar refractivity (Wildman–Crippen MR) is 79.0 cm³/mol. The maximum atomic E-state index is 11.5. The Morgan fingerprint density at radius 2 is 2.33 bits per heavy atom. The van der Waals surface area contributed by atoms with Gasteiger partial charge in [-0.3, -0.25) is 10.1 Å². The molecule has 0 fully saturated rings. The molecule has 2 aromatic heterocycles. The number of hydrogen-bond donors (Lipinski definition) is 3. The Bertz CT molecular complexity index is 613. The average molecular weight is 327 g/mol. The molecule has 10 heteroatoms.